The Bertz CT molecular complexity index is 3410. The summed E-state index contributed by atoms with van der Waals surface area (Å²) in [6, 6.07) is 78.2. The van der Waals surface area contributed by atoms with E-state index in [1.807, 2.05) is 0 Å². The van der Waals surface area contributed by atoms with E-state index in [2.05, 4.69) is 228 Å². The monoisotopic (exact) mass is 764 g/mol. The Hall–Kier alpha value is -8.08. The summed E-state index contributed by atoms with van der Waals surface area (Å²) >= 11 is 0. The number of para-hydroxylation sites is 4. The number of imidazole rings is 2. The van der Waals surface area contributed by atoms with Gasteiger partial charge in [-0.2, -0.15) is 0 Å². The summed E-state index contributed by atoms with van der Waals surface area (Å²) in [7, 11) is 0. The van der Waals surface area contributed by atoms with Crippen LogP contribution < -0.4 is 0 Å². The molecular formula is C56H36N4. The second-order valence-corrected chi connectivity index (χ2v) is 15.4. The maximum absolute atomic E-state index is 5.27. The van der Waals surface area contributed by atoms with E-state index in [0.29, 0.717) is 0 Å². The third-order valence-electron chi connectivity index (χ3n) is 11.9. The van der Waals surface area contributed by atoms with Crippen LogP contribution in [-0.4, -0.2) is 19.1 Å². The summed E-state index contributed by atoms with van der Waals surface area (Å²) in [5, 5.41) is 7.04. The molecule has 2 aromatic heterocycles. The lowest BCUT2D eigenvalue weighted by Gasteiger charge is -2.20. The molecule has 0 aliphatic carbocycles. The van der Waals surface area contributed by atoms with E-state index in [-0.39, 0.29) is 0 Å². The first-order valence-corrected chi connectivity index (χ1v) is 20.4. The van der Waals surface area contributed by atoms with Crippen LogP contribution in [0.1, 0.15) is 0 Å². The number of fused-ring (bicyclic) bond motifs is 5. The van der Waals surface area contributed by atoms with Gasteiger partial charge in [0, 0.05) is 21.9 Å². The number of rotatable bonds is 6. The fourth-order valence-corrected chi connectivity index (χ4v) is 9.23. The molecule has 0 bridgehead atoms. The van der Waals surface area contributed by atoms with Crippen molar-refractivity contribution in [1.82, 2.24) is 19.1 Å². The van der Waals surface area contributed by atoms with Crippen LogP contribution in [0.3, 0.4) is 0 Å². The fraction of sp³-hybridized carbons (Fsp3) is 0. The van der Waals surface area contributed by atoms with Crippen molar-refractivity contribution in [3.8, 4) is 56.4 Å². The largest absolute Gasteiger partial charge is 0.292 e. The predicted octanol–water partition coefficient (Wildman–Crippen LogP) is 14.5. The van der Waals surface area contributed by atoms with Gasteiger partial charge in [0.25, 0.3) is 0 Å². The van der Waals surface area contributed by atoms with Crippen molar-refractivity contribution in [2.24, 2.45) is 0 Å². The Kier molecular flexibility index (Phi) is 7.82. The van der Waals surface area contributed by atoms with Crippen LogP contribution in [0.2, 0.25) is 0 Å². The smallest absolute Gasteiger partial charge is 0.145 e. The normalized spacial score (nSPS) is 11.7. The Balaban J connectivity index is 1.23. The van der Waals surface area contributed by atoms with E-state index in [1.165, 1.54) is 38.2 Å². The zero-order valence-corrected chi connectivity index (χ0v) is 32.6. The van der Waals surface area contributed by atoms with E-state index in [1.54, 1.807) is 0 Å². The van der Waals surface area contributed by atoms with Gasteiger partial charge >= 0.3 is 0 Å². The van der Waals surface area contributed by atoms with Crippen LogP contribution in [0.5, 0.6) is 0 Å². The number of aromatic nitrogens is 4. The van der Waals surface area contributed by atoms with Gasteiger partial charge in [-0.15, -0.1) is 0 Å². The van der Waals surface area contributed by atoms with Crippen LogP contribution in [0.4, 0.5) is 0 Å². The van der Waals surface area contributed by atoms with Gasteiger partial charge in [0.2, 0.25) is 0 Å². The average Bonchev–Trinajstić information content (AvgIpc) is 3.90. The minimum atomic E-state index is 0.907. The van der Waals surface area contributed by atoms with Crippen molar-refractivity contribution >= 4 is 54.4 Å². The molecule has 0 fully saturated rings. The lowest BCUT2D eigenvalue weighted by atomic mass is 9.88. The lowest BCUT2D eigenvalue weighted by molar-refractivity contribution is 1.11. The molecule has 0 atom stereocenters. The van der Waals surface area contributed by atoms with E-state index >= 15 is 0 Å². The molecule has 0 unspecified atom stereocenters. The molecule has 0 amide bonds. The predicted molar refractivity (Wildman–Crippen MR) is 250 cm³/mol. The van der Waals surface area contributed by atoms with E-state index < -0.39 is 0 Å². The highest BCUT2D eigenvalue weighted by molar-refractivity contribution is 6.18. The van der Waals surface area contributed by atoms with Crippen LogP contribution in [-0.2, 0) is 0 Å². The van der Waals surface area contributed by atoms with Crippen molar-refractivity contribution in [3.63, 3.8) is 0 Å². The number of hydrogen-bond acceptors (Lipinski definition) is 2. The third-order valence-corrected chi connectivity index (χ3v) is 11.9. The summed E-state index contributed by atoms with van der Waals surface area (Å²) in [5.74, 6) is 1.81. The Labute approximate surface area is 346 Å². The van der Waals surface area contributed by atoms with Gasteiger partial charge < -0.3 is 0 Å². The molecule has 0 aliphatic rings. The minimum absolute atomic E-state index is 0.907. The van der Waals surface area contributed by atoms with Crippen molar-refractivity contribution in [1.29, 1.82) is 0 Å². The molecule has 0 spiro atoms. The standard InChI is InChI=1S/C56H36N4/c1-4-17-37(18-5-1)42-24-14-23-38-33-34-41(35-45(38)42)54-43-25-15-31-50(59-52-29-12-10-27-48(52)57-55(59)39-19-6-2-7-20-39)46(43)36-47-44(54)26-16-32-51(47)60-53-30-13-11-28-49(53)58-56(60)40-21-8-3-9-22-40/h1-36H. The van der Waals surface area contributed by atoms with Crippen LogP contribution >= 0.6 is 0 Å². The van der Waals surface area contributed by atoms with Gasteiger partial charge in [0.1, 0.15) is 11.6 Å². The Morgan fingerprint density at radius 1 is 0.300 bits per heavy atom. The quantitative estimate of drug-likeness (QED) is 0.158. The van der Waals surface area contributed by atoms with Crippen LogP contribution in [0, 0.1) is 0 Å². The van der Waals surface area contributed by atoms with Crippen LogP contribution in [0.15, 0.2) is 218 Å². The molecule has 0 N–H and O–H groups in total. The second-order valence-electron chi connectivity index (χ2n) is 15.4. The molecule has 12 aromatic rings. The highest BCUT2D eigenvalue weighted by Crippen LogP contribution is 2.44. The first-order valence-electron chi connectivity index (χ1n) is 20.4. The summed E-state index contributed by atoms with van der Waals surface area (Å²) in [6.07, 6.45) is 0. The molecule has 4 heteroatoms. The lowest BCUT2D eigenvalue weighted by Crippen LogP contribution is -2.02. The first-order chi connectivity index (χ1) is 29.8. The number of nitrogens with zero attached hydrogens (tertiary/aromatic N) is 4. The molecule has 0 saturated heterocycles. The topological polar surface area (TPSA) is 35.6 Å². The average molecular weight is 765 g/mol. The first kappa shape index (κ1) is 34.0. The van der Waals surface area contributed by atoms with Gasteiger partial charge in [0.15, 0.2) is 0 Å². The summed E-state index contributed by atoms with van der Waals surface area (Å²) < 4.78 is 4.70. The summed E-state index contributed by atoms with van der Waals surface area (Å²) in [4.78, 5) is 10.5. The van der Waals surface area contributed by atoms with Gasteiger partial charge in [-0.1, -0.05) is 170 Å². The van der Waals surface area contributed by atoms with Crippen LogP contribution in [0.25, 0.3) is 111 Å². The molecule has 10 aromatic carbocycles. The maximum atomic E-state index is 5.27. The zero-order valence-electron chi connectivity index (χ0n) is 32.6. The minimum Gasteiger partial charge on any atom is -0.292 e. The van der Waals surface area contributed by atoms with Gasteiger partial charge in [-0.25, -0.2) is 9.97 Å². The third kappa shape index (κ3) is 5.39. The molecular weight excluding hydrogens is 729 g/mol. The molecule has 60 heavy (non-hydrogen) atoms. The van der Waals surface area contributed by atoms with Crippen molar-refractivity contribution in [2.45, 2.75) is 0 Å². The van der Waals surface area contributed by atoms with Gasteiger partial charge in [-0.3, -0.25) is 9.13 Å². The molecule has 12 rings (SSSR count). The Morgan fingerprint density at radius 2 is 0.783 bits per heavy atom. The van der Waals surface area contributed by atoms with Gasteiger partial charge in [0.05, 0.1) is 33.4 Å². The Morgan fingerprint density at radius 3 is 1.33 bits per heavy atom. The number of benzene rings is 10. The fourth-order valence-electron chi connectivity index (χ4n) is 9.23. The molecule has 0 aliphatic heterocycles. The van der Waals surface area contributed by atoms with E-state index in [4.69, 9.17) is 9.97 Å². The maximum Gasteiger partial charge on any atom is 0.145 e. The second kappa shape index (κ2) is 13.8. The van der Waals surface area contributed by atoms with E-state index in [0.717, 1.165) is 72.6 Å². The van der Waals surface area contributed by atoms with E-state index in [9.17, 15) is 0 Å². The highest BCUT2D eigenvalue weighted by Gasteiger charge is 2.22. The molecule has 2 heterocycles. The summed E-state index contributed by atoms with van der Waals surface area (Å²) in [6.45, 7) is 0. The molecule has 280 valence electrons. The molecule has 0 saturated carbocycles. The number of hydrogen-bond donors (Lipinski definition) is 0. The summed E-state index contributed by atoms with van der Waals surface area (Å²) in [5.41, 5.74) is 13.1. The SMILES string of the molecule is c1ccc(-c2cccc3ccc(-c4c5cccc(-n6c(-c7ccccc7)nc7ccccc76)c5cc5c(-n6c(-c7ccccc7)nc7ccccc76)cccc45)cc23)cc1. The molecule has 4 nitrogen and oxygen atoms in total. The zero-order chi connectivity index (χ0) is 39.6. The van der Waals surface area contributed by atoms with Gasteiger partial charge in [-0.05, 0) is 92.3 Å². The van der Waals surface area contributed by atoms with Crippen molar-refractivity contribution in [2.75, 3.05) is 0 Å². The highest BCUT2D eigenvalue weighted by atomic mass is 15.1. The molecule has 0 radical (unpaired) electrons. The van der Waals surface area contributed by atoms with Crippen molar-refractivity contribution in [3.05, 3.63) is 218 Å². The van der Waals surface area contributed by atoms with Crippen molar-refractivity contribution < 1.29 is 0 Å².